The van der Waals surface area contributed by atoms with Crippen LogP contribution in [-0.4, -0.2) is 36.4 Å². The van der Waals surface area contributed by atoms with Gasteiger partial charge in [-0.1, -0.05) is 52.0 Å². The first-order chi connectivity index (χ1) is 20.9. The molecule has 0 bridgehead atoms. The summed E-state index contributed by atoms with van der Waals surface area (Å²) < 4.78 is 12.8. The number of nitrogens with one attached hydrogen (secondary N) is 1. The zero-order chi connectivity index (χ0) is 29.8. The van der Waals surface area contributed by atoms with Crippen LogP contribution in [0.25, 0.3) is 11.3 Å². The van der Waals surface area contributed by atoms with Crippen molar-refractivity contribution in [2.45, 2.75) is 13.1 Å². The molecule has 0 amide bonds. The first-order valence-corrected chi connectivity index (χ1v) is 13.9. The number of aromatic nitrogens is 5. The molecule has 0 saturated heterocycles. The zero-order valence-corrected chi connectivity index (χ0v) is 23.6. The maximum Gasteiger partial charge on any atom is 0.302 e. The summed E-state index contributed by atoms with van der Waals surface area (Å²) >= 11 is 7.48. The van der Waals surface area contributed by atoms with Crippen molar-refractivity contribution in [1.29, 1.82) is 0 Å². The molecule has 0 aliphatic carbocycles. The first-order valence-electron chi connectivity index (χ1n) is 12.7. The monoisotopic (exact) mass is 610 g/mol. The lowest BCUT2D eigenvalue weighted by Crippen LogP contribution is -2.24. The SMILES string of the molecule is O=C(Cn1cc(C#Cc2ccccc2)c(-c2cc(NCc3ccc(Cl)s3)n(C(=O)c3ccon3)n2)cc1=O)c1ccno1. The van der Waals surface area contributed by atoms with E-state index in [0.29, 0.717) is 33.5 Å². The van der Waals surface area contributed by atoms with Crippen LogP contribution in [0.4, 0.5) is 5.82 Å². The number of benzene rings is 1. The van der Waals surface area contributed by atoms with Gasteiger partial charge in [0.2, 0.25) is 11.5 Å². The third-order valence-corrected chi connectivity index (χ3v) is 7.41. The van der Waals surface area contributed by atoms with Gasteiger partial charge in [-0.25, -0.2) is 0 Å². The maximum absolute atomic E-state index is 13.3. The number of Topliss-reactive ketones (excluding diaryl/α,β-unsaturated/α-hetero) is 1. The van der Waals surface area contributed by atoms with Crippen molar-refractivity contribution in [3.63, 3.8) is 0 Å². The summed E-state index contributed by atoms with van der Waals surface area (Å²) in [4.78, 5) is 40.2. The second-order valence-corrected chi connectivity index (χ2v) is 10.9. The summed E-state index contributed by atoms with van der Waals surface area (Å²) in [5.74, 6) is 5.58. The van der Waals surface area contributed by atoms with E-state index in [1.54, 1.807) is 12.1 Å². The molecule has 6 rings (SSSR count). The Morgan fingerprint density at radius 3 is 2.63 bits per heavy atom. The number of pyridine rings is 1. The molecule has 13 heteroatoms. The van der Waals surface area contributed by atoms with Crippen molar-refractivity contribution >= 4 is 40.4 Å². The van der Waals surface area contributed by atoms with E-state index in [0.717, 1.165) is 15.1 Å². The van der Waals surface area contributed by atoms with E-state index < -0.39 is 17.2 Å². The molecule has 0 spiro atoms. The highest BCUT2D eigenvalue weighted by Crippen LogP contribution is 2.27. The molecule has 0 fully saturated rings. The molecule has 43 heavy (non-hydrogen) atoms. The Labute approximate surface area is 252 Å². The normalized spacial score (nSPS) is 10.7. The van der Waals surface area contributed by atoms with E-state index in [4.69, 9.17) is 20.6 Å². The number of hydrogen-bond acceptors (Lipinski definition) is 10. The van der Waals surface area contributed by atoms with E-state index in [1.165, 1.54) is 52.8 Å². The summed E-state index contributed by atoms with van der Waals surface area (Å²) in [5, 5.41) is 15.0. The standard InChI is InChI=1S/C30H19ClN6O5S/c31-27-9-8-21(43-27)16-32-28-15-24(34-37(28)30(40)23-11-13-41-35-23)22-14-29(39)36(18-25(38)26-10-12-33-42-26)17-20(22)7-6-19-4-2-1-3-5-19/h1-5,8-15,17,32H,16,18H2. The zero-order valence-electron chi connectivity index (χ0n) is 22.1. The second kappa shape index (κ2) is 12.2. The molecule has 0 aliphatic rings. The molecule has 11 nitrogen and oxygen atoms in total. The maximum atomic E-state index is 13.3. The number of nitrogens with zero attached hydrogens (tertiary/aromatic N) is 5. The van der Waals surface area contributed by atoms with Gasteiger partial charge in [-0.05, 0) is 24.3 Å². The van der Waals surface area contributed by atoms with E-state index in [1.807, 2.05) is 36.4 Å². The summed E-state index contributed by atoms with van der Waals surface area (Å²) in [6.45, 7) is 0.0736. The van der Waals surface area contributed by atoms with Crippen molar-refractivity contribution in [2.24, 2.45) is 0 Å². The van der Waals surface area contributed by atoms with Crippen LogP contribution in [0.2, 0.25) is 4.34 Å². The molecule has 1 N–H and O–H groups in total. The van der Waals surface area contributed by atoms with Gasteiger partial charge in [0.05, 0.1) is 34.9 Å². The highest BCUT2D eigenvalue weighted by atomic mass is 35.5. The molecule has 0 atom stereocenters. The van der Waals surface area contributed by atoms with E-state index in [2.05, 4.69) is 32.6 Å². The third kappa shape index (κ3) is 6.23. The van der Waals surface area contributed by atoms with Gasteiger partial charge in [-0.15, -0.1) is 11.3 Å². The number of carbonyl (C=O) groups excluding carboxylic acids is 2. The van der Waals surface area contributed by atoms with Crippen molar-refractivity contribution in [1.82, 2.24) is 24.7 Å². The number of anilines is 1. The summed E-state index contributed by atoms with van der Waals surface area (Å²) in [7, 11) is 0. The van der Waals surface area contributed by atoms with Gasteiger partial charge in [0, 0.05) is 46.5 Å². The Kier molecular flexibility index (Phi) is 7.82. The molecule has 0 saturated carbocycles. The number of ketones is 1. The van der Waals surface area contributed by atoms with Crippen LogP contribution < -0.4 is 10.9 Å². The smallest absolute Gasteiger partial charge is 0.302 e. The molecule has 0 unspecified atom stereocenters. The Morgan fingerprint density at radius 2 is 1.91 bits per heavy atom. The van der Waals surface area contributed by atoms with Gasteiger partial charge >= 0.3 is 5.91 Å². The fourth-order valence-electron chi connectivity index (χ4n) is 4.11. The Bertz CT molecular complexity index is 2030. The van der Waals surface area contributed by atoms with Gasteiger partial charge in [-0.2, -0.15) is 9.78 Å². The highest BCUT2D eigenvalue weighted by Gasteiger charge is 2.22. The summed E-state index contributed by atoms with van der Waals surface area (Å²) in [5.41, 5.74) is 1.38. The van der Waals surface area contributed by atoms with Crippen LogP contribution >= 0.6 is 22.9 Å². The average Bonchev–Trinajstić information content (AvgIpc) is 3.84. The van der Waals surface area contributed by atoms with Gasteiger partial charge < -0.3 is 18.9 Å². The lowest BCUT2D eigenvalue weighted by Gasteiger charge is -2.08. The van der Waals surface area contributed by atoms with E-state index >= 15 is 0 Å². The average molecular weight is 611 g/mol. The molecule has 0 aliphatic heterocycles. The van der Waals surface area contributed by atoms with Gasteiger partial charge in [0.25, 0.3) is 5.56 Å². The molecule has 6 aromatic rings. The predicted molar refractivity (Wildman–Crippen MR) is 158 cm³/mol. The quantitative estimate of drug-likeness (QED) is 0.187. The summed E-state index contributed by atoms with van der Waals surface area (Å²) in [6.07, 6.45) is 4.13. The summed E-state index contributed by atoms with van der Waals surface area (Å²) in [6, 6.07) is 18.8. The molecular formula is C30H19ClN6O5S. The van der Waals surface area contributed by atoms with Crippen LogP contribution in [0.15, 0.2) is 99.2 Å². The highest BCUT2D eigenvalue weighted by molar-refractivity contribution is 7.16. The molecule has 1 aromatic carbocycles. The van der Waals surface area contributed by atoms with Crippen molar-refractivity contribution in [2.75, 3.05) is 5.32 Å². The molecule has 212 valence electrons. The van der Waals surface area contributed by atoms with Gasteiger partial charge in [-0.3, -0.25) is 14.4 Å². The first kappa shape index (κ1) is 27.6. The molecule has 0 radical (unpaired) electrons. The largest absolute Gasteiger partial charge is 0.365 e. The van der Waals surface area contributed by atoms with Crippen LogP contribution in [0, 0.1) is 11.8 Å². The Hall–Kier alpha value is -5.51. The van der Waals surface area contributed by atoms with Crippen LogP contribution in [0.1, 0.15) is 37.0 Å². The molecule has 5 heterocycles. The predicted octanol–water partition coefficient (Wildman–Crippen LogP) is 4.99. The van der Waals surface area contributed by atoms with Gasteiger partial charge in [0.15, 0.2) is 5.69 Å². The number of thiophene rings is 1. The van der Waals surface area contributed by atoms with Crippen molar-refractivity contribution in [3.8, 4) is 23.1 Å². The third-order valence-electron chi connectivity index (χ3n) is 6.18. The topological polar surface area (TPSA) is 138 Å². The Balaban J connectivity index is 1.43. The lowest BCUT2D eigenvalue weighted by molar-refractivity contribution is 0.0928. The molecule has 5 aromatic heterocycles. The van der Waals surface area contributed by atoms with E-state index in [9.17, 15) is 14.4 Å². The number of halogens is 1. The molecular weight excluding hydrogens is 592 g/mol. The number of rotatable bonds is 8. The number of carbonyl (C=O) groups is 2. The lowest BCUT2D eigenvalue weighted by atomic mass is 10.1. The van der Waals surface area contributed by atoms with Crippen LogP contribution in [0.5, 0.6) is 0 Å². The number of hydrogen-bond donors (Lipinski definition) is 1. The van der Waals surface area contributed by atoms with E-state index in [-0.39, 0.29) is 18.0 Å². The fraction of sp³-hybridized carbons (Fsp3) is 0.0667. The fourth-order valence-corrected chi connectivity index (χ4v) is 5.14. The van der Waals surface area contributed by atoms with Crippen LogP contribution in [-0.2, 0) is 13.1 Å². The van der Waals surface area contributed by atoms with Crippen LogP contribution in [0.3, 0.4) is 0 Å². The minimum atomic E-state index is -0.547. The van der Waals surface area contributed by atoms with Gasteiger partial charge in [0.1, 0.15) is 12.1 Å². The minimum absolute atomic E-state index is 0.0285. The minimum Gasteiger partial charge on any atom is -0.365 e. The second-order valence-electron chi connectivity index (χ2n) is 9.06. The Morgan fingerprint density at radius 1 is 1.05 bits per heavy atom. The van der Waals surface area contributed by atoms with Crippen molar-refractivity contribution in [3.05, 3.63) is 128 Å². The van der Waals surface area contributed by atoms with Crippen molar-refractivity contribution < 1.29 is 18.6 Å².